The first-order chi connectivity index (χ1) is 16.5. The fourth-order valence-electron chi connectivity index (χ4n) is 3.60. The van der Waals surface area contributed by atoms with Crippen LogP contribution in [0.1, 0.15) is 21.6 Å². The molecule has 0 aliphatic heterocycles. The van der Waals surface area contributed by atoms with Gasteiger partial charge in [-0.05, 0) is 55.0 Å². The number of benzene rings is 2. The van der Waals surface area contributed by atoms with E-state index >= 15 is 0 Å². The van der Waals surface area contributed by atoms with Crippen molar-refractivity contribution in [2.24, 2.45) is 0 Å². The Kier molecular flexibility index (Phi) is 7.13. The highest BCUT2D eigenvalue weighted by Crippen LogP contribution is 2.25. The van der Waals surface area contributed by atoms with Crippen LogP contribution in [-0.4, -0.2) is 46.4 Å². The van der Waals surface area contributed by atoms with Crippen molar-refractivity contribution in [3.8, 4) is 0 Å². The summed E-state index contributed by atoms with van der Waals surface area (Å²) < 4.78 is 0. The van der Waals surface area contributed by atoms with Crippen LogP contribution in [0.4, 0.5) is 23.0 Å². The Balaban J connectivity index is 1.44. The van der Waals surface area contributed by atoms with Gasteiger partial charge in [0.1, 0.15) is 18.0 Å². The van der Waals surface area contributed by atoms with Gasteiger partial charge in [-0.25, -0.2) is 9.97 Å². The number of hydrogen-bond donors (Lipinski definition) is 1. The minimum Gasteiger partial charge on any atom is -0.341 e. The molecule has 0 fully saturated rings. The van der Waals surface area contributed by atoms with Crippen molar-refractivity contribution in [1.29, 1.82) is 0 Å². The number of rotatable bonds is 8. The predicted molar refractivity (Wildman–Crippen MR) is 136 cm³/mol. The number of nitrogens with one attached hydrogen (secondary N) is 1. The normalized spacial score (nSPS) is 10.6. The number of pyridine rings is 1. The molecular weight excluding hydrogens is 424 g/mol. The number of anilines is 4. The second-order valence-corrected chi connectivity index (χ2v) is 8.16. The molecule has 1 amide bonds. The molecule has 2 heterocycles. The van der Waals surface area contributed by atoms with Crippen molar-refractivity contribution >= 4 is 28.9 Å². The first kappa shape index (κ1) is 22.9. The van der Waals surface area contributed by atoms with Gasteiger partial charge in [0, 0.05) is 62.0 Å². The quantitative estimate of drug-likeness (QED) is 0.405. The highest BCUT2D eigenvalue weighted by molar-refractivity contribution is 5.95. The Morgan fingerprint density at radius 1 is 0.912 bits per heavy atom. The van der Waals surface area contributed by atoms with Gasteiger partial charge >= 0.3 is 0 Å². The van der Waals surface area contributed by atoms with Gasteiger partial charge in [-0.15, -0.1) is 0 Å². The molecule has 0 saturated carbocycles. The van der Waals surface area contributed by atoms with Crippen molar-refractivity contribution in [3.05, 3.63) is 102 Å². The molecule has 7 nitrogen and oxygen atoms in total. The number of carbonyl (C=O) groups excluding carboxylic acids is 1. The number of likely N-dealkylation sites (N-methyl/N-ethyl adjacent to an activating group) is 1. The summed E-state index contributed by atoms with van der Waals surface area (Å²) in [4.78, 5) is 29.8. The molecule has 4 aromatic rings. The number of carbonyl (C=O) groups is 1. The first-order valence-corrected chi connectivity index (χ1v) is 11.1. The van der Waals surface area contributed by atoms with Gasteiger partial charge in [-0.3, -0.25) is 9.78 Å². The summed E-state index contributed by atoms with van der Waals surface area (Å²) in [5.74, 6) is 1.38. The van der Waals surface area contributed by atoms with E-state index in [0.717, 1.165) is 22.9 Å². The lowest BCUT2D eigenvalue weighted by Gasteiger charge is -2.19. The fraction of sp³-hybridized carbons (Fsp3) is 0.185. The fourth-order valence-corrected chi connectivity index (χ4v) is 3.60. The molecular formula is C27H28N6O. The van der Waals surface area contributed by atoms with E-state index in [9.17, 15) is 4.79 Å². The molecule has 0 aliphatic carbocycles. The van der Waals surface area contributed by atoms with Gasteiger partial charge in [-0.2, -0.15) is 0 Å². The van der Waals surface area contributed by atoms with Crippen LogP contribution in [0, 0.1) is 6.92 Å². The van der Waals surface area contributed by atoms with E-state index in [0.29, 0.717) is 24.3 Å². The van der Waals surface area contributed by atoms with Crippen molar-refractivity contribution in [2.75, 3.05) is 30.9 Å². The van der Waals surface area contributed by atoms with Crippen LogP contribution in [0.2, 0.25) is 0 Å². The zero-order valence-corrected chi connectivity index (χ0v) is 19.6. The average Bonchev–Trinajstić information content (AvgIpc) is 2.87. The molecule has 2 aromatic carbocycles. The molecule has 0 unspecified atom stereocenters. The number of nitrogens with zero attached hydrogens (tertiary/aromatic N) is 5. The summed E-state index contributed by atoms with van der Waals surface area (Å²) in [6.45, 7) is 2.66. The summed E-state index contributed by atoms with van der Waals surface area (Å²) in [7, 11) is 3.78. The third-order valence-electron chi connectivity index (χ3n) is 5.54. The van der Waals surface area contributed by atoms with Gasteiger partial charge in [-0.1, -0.05) is 24.3 Å². The van der Waals surface area contributed by atoms with E-state index in [2.05, 4.69) is 39.3 Å². The Hall–Kier alpha value is -4.26. The number of hydrogen-bond acceptors (Lipinski definition) is 6. The van der Waals surface area contributed by atoms with E-state index in [1.165, 1.54) is 11.9 Å². The van der Waals surface area contributed by atoms with Crippen molar-refractivity contribution in [2.45, 2.75) is 13.3 Å². The molecule has 0 spiro atoms. The van der Waals surface area contributed by atoms with E-state index in [4.69, 9.17) is 0 Å². The van der Waals surface area contributed by atoms with Gasteiger partial charge < -0.3 is 15.1 Å². The lowest BCUT2D eigenvalue weighted by atomic mass is 10.1. The zero-order valence-electron chi connectivity index (χ0n) is 19.6. The molecule has 172 valence electrons. The maximum Gasteiger partial charge on any atom is 0.253 e. The van der Waals surface area contributed by atoms with Gasteiger partial charge in [0.05, 0.1) is 0 Å². The maximum absolute atomic E-state index is 12.9. The van der Waals surface area contributed by atoms with Crippen LogP contribution in [0.3, 0.4) is 0 Å². The van der Waals surface area contributed by atoms with E-state index in [1.54, 1.807) is 11.1 Å². The highest BCUT2D eigenvalue weighted by atomic mass is 16.2. The first-order valence-electron chi connectivity index (χ1n) is 11.1. The average molecular weight is 453 g/mol. The second-order valence-electron chi connectivity index (χ2n) is 8.16. The summed E-state index contributed by atoms with van der Waals surface area (Å²) in [5.41, 5.74) is 4.59. The summed E-state index contributed by atoms with van der Waals surface area (Å²) in [6, 6.07) is 23.4. The largest absolute Gasteiger partial charge is 0.341 e. The molecule has 0 radical (unpaired) electrons. The Bertz CT molecular complexity index is 1260. The molecule has 34 heavy (non-hydrogen) atoms. The number of aromatic nitrogens is 3. The molecule has 7 heteroatoms. The van der Waals surface area contributed by atoms with Crippen LogP contribution in [-0.2, 0) is 6.42 Å². The Morgan fingerprint density at radius 3 is 2.56 bits per heavy atom. The third kappa shape index (κ3) is 5.75. The highest BCUT2D eigenvalue weighted by Gasteiger charge is 2.13. The minimum atomic E-state index is -0.0397. The molecule has 0 atom stereocenters. The lowest BCUT2D eigenvalue weighted by Crippen LogP contribution is -2.29. The summed E-state index contributed by atoms with van der Waals surface area (Å²) in [5, 5.41) is 3.30. The van der Waals surface area contributed by atoms with Crippen LogP contribution < -0.4 is 10.2 Å². The Labute approximate surface area is 200 Å². The predicted octanol–water partition coefficient (Wildman–Crippen LogP) is 5.01. The standard InChI is InChI=1S/C27H28N6O/c1-20-8-6-12-24(16-20)33(3)26-18-25(29-19-30-26)31-23-11-7-9-21(17-23)27(34)32(2)15-13-22-10-4-5-14-28-22/h4-12,14,16-19H,13,15H2,1-3H3,(H,29,30,31). The van der Waals surface area contributed by atoms with Gasteiger partial charge in [0.15, 0.2) is 0 Å². The van der Waals surface area contributed by atoms with Gasteiger partial charge in [0.25, 0.3) is 5.91 Å². The third-order valence-corrected chi connectivity index (χ3v) is 5.54. The summed E-state index contributed by atoms with van der Waals surface area (Å²) >= 11 is 0. The second kappa shape index (κ2) is 10.6. The monoisotopic (exact) mass is 452 g/mol. The molecule has 2 aromatic heterocycles. The van der Waals surface area contributed by atoms with Gasteiger partial charge in [0.2, 0.25) is 0 Å². The molecule has 0 bridgehead atoms. The zero-order chi connectivity index (χ0) is 23.9. The maximum atomic E-state index is 12.9. The minimum absolute atomic E-state index is 0.0397. The smallest absolute Gasteiger partial charge is 0.253 e. The molecule has 0 aliphatic rings. The van der Waals surface area contributed by atoms with E-state index in [-0.39, 0.29) is 5.91 Å². The summed E-state index contributed by atoms with van der Waals surface area (Å²) in [6.07, 6.45) is 4.01. The van der Waals surface area contributed by atoms with E-state index in [1.807, 2.05) is 79.7 Å². The SMILES string of the molecule is Cc1cccc(N(C)c2cc(Nc3cccc(C(=O)N(C)CCc4ccccn4)c3)ncn2)c1. The van der Waals surface area contributed by atoms with Crippen LogP contribution in [0.15, 0.2) is 85.3 Å². The van der Waals surface area contributed by atoms with Crippen molar-refractivity contribution in [3.63, 3.8) is 0 Å². The van der Waals surface area contributed by atoms with Crippen LogP contribution in [0.5, 0.6) is 0 Å². The molecule has 4 rings (SSSR count). The lowest BCUT2D eigenvalue weighted by molar-refractivity contribution is 0.0796. The van der Waals surface area contributed by atoms with Crippen molar-refractivity contribution in [1.82, 2.24) is 19.9 Å². The topological polar surface area (TPSA) is 74.2 Å². The van der Waals surface area contributed by atoms with Crippen LogP contribution >= 0.6 is 0 Å². The number of amides is 1. The number of aryl methyl sites for hydroxylation is 1. The molecule has 0 saturated heterocycles. The molecule has 1 N–H and O–H groups in total. The van der Waals surface area contributed by atoms with E-state index < -0.39 is 0 Å². The van der Waals surface area contributed by atoms with Crippen LogP contribution in [0.25, 0.3) is 0 Å². The Morgan fingerprint density at radius 2 is 1.76 bits per heavy atom. The van der Waals surface area contributed by atoms with Crippen molar-refractivity contribution < 1.29 is 4.79 Å².